The van der Waals surface area contributed by atoms with E-state index in [-0.39, 0.29) is 12.3 Å². The van der Waals surface area contributed by atoms with Crippen LogP contribution in [-0.2, 0) is 9.53 Å². The molecule has 0 saturated carbocycles. The average Bonchev–Trinajstić information content (AvgIpc) is 2.47. The summed E-state index contributed by atoms with van der Waals surface area (Å²) in [5.41, 5.74) is 0.574. The molecule has 0 saturated heterocycles. The van der Waals surface area contributed by atoms with Gasteiger partial charge < -0.3 is 14.7 Å². The van der Waals surface area contributed by atoms with Crippen LogP contribution in [-0.4, -0.2) is 30.1 Å². The molecule has 0 aliphatic carbocycles. The van der Waals surface area contributed by atoms with Gasteiger partial charge in [-0.3, -0.25) is 0 Å². The zero-order chi connectivity index (χ0) is 14.8. The van der Waals surface area contributed by atoms with E-state index in [0.29, 0.717) is 12.4 Å². The third kappa shape index (κ3) is 4.61. The molecule has 5 heteroatoms. The third-order valence-corrected chi connectivity index (χ3v) is 2.29. The minimum absolute atomic E-state index is 0.176. The van der Waals surface area contributed by atoms with Gasteiger partial charge in [0.15, 0.2) is 5.71 Å². The standard InChI is InChI=1S/C15H17NO4/c1-3-11-20-14-8-6-5-7-12(14)9-10-13(16-18)15(17)19-4-2/h3,5-10,18H,1,4,11H2,2H3/b10-9+,16-13-. The second-order valence-electron chi connectivity index (χ2n) is 3.68. The van der Waals surface area contributed by atoms with Crippen molar-refractivity contribution in [1.82, 2.24) is 0 Å². The van der Waals surface area contributed by atoms with Gasteiger partial charge in [-0.25, -0.2) is 4.79 Å². The van der Waals surface area contributed by atoms with Crippen LogP contribution in [0, 0.1) is 0 Å². The maximum absolute atomic E-state index is 11.4. The van der Waals surface area contributed by atoms with E-state index in [2.05, 4.69) is 11.7 Å². The number of nitrogens with zero attached hydrogens (tertiary/aromatic N) is 1. The Morgan fingerprint density at radius 3 is 2.85 bits per heavy atom. The van der Waals surface area contributed by atoms with Gasteiger partial charge in [0.25, 0.3) is 0 Å². The van der Waals surface area contributed by atoms with Gasteiger partial charge in [-0.2, -0.15) is 0 Å². The number of oxime groups is 1. The molecule has 1 aromatic rings. The summed E-state index contributed by atoms with van der Waals surface area (Å²) in [6.07, 6.45) is 4.62. The predicted molar refractivity (Wildman–Crippen MR) is 77.0 cm³/mol. The lowest BCUT2D eigenvalue weighted by molar-refractivity contribution is -0.135. The number of benzene rings is 1. The first-order chi connectivity index (χ1) is 9.72. The fraction of sp³-hybridized carbons (Fsp3) is 0.200. The number of ether oxygens (including phenoxy) is 2. The Hall–Kier alpha value is -2.56. The Kier molecular flexibility index (Phi) is 6.61. The smallest absolute Gasteiger partial charge is 0.360 e. The maximum atomic E-state index is 11.4. The van der Waals surface area contributed by atoms with Crippen LogP contribution < -0.4 is 4.74 Å². The number of hydrogen-bond acceptors (Lipinski definition) is 5. The van der Waals surface area contributed by atoms with E-state index < -0.39 is 5.97 Å². The highest BCUT2D eigenvalue weighted by molar-refractivity contribution is 6.41. The summed E-state index contributed by atoms with van der Waals surface area (Å²) in [5.74, 6) is -0.0412. The fourth-order valence-electron chi connectivity index (χ4n) is 1.41. The van der Waals surface area contributed by atoms with E-state index in [1.807, 2.05) is 18.2 Å². The molecule has 20 heavy (non-hydrogen) atoms. The molecular formula is C15H17NO4. The molecule has 0 aromatic heterocycles. The average molecular weight is 275 g/mol. The Balaban J connectivity index is 2.88. The predicted octanol–water partition coefficient (Wildman–Crippen LogP) is 2.66. The zero-order valence-corrected chi connectivity index (χ0v) is 11.3. The van der Waals surface area contributed by atoms with Gasteiger partial charge in [0.2, 0.25) is 0 Å². The lowest BCUT2D eigenvalue weighted by Gasteiger charge is -2.06. The fourth-order valence-corrected chi connectivity index (χ4v) is 1.41. The number of para-hydroxylation sites is 1. The molecule has 0 heterocycles. The van der Waals surface area contributed by atoms with Crippen LogP contribution >= 0.6 is 0 Å². The maximum Gasteiger partial charge on any atom is 0.360 e. The summed E-state index contributed by atoms with van der Waals surface area (Å²) in [7, 11) is 0. The van der Waals surface area contributed by atoms with Gasteiger partial charge >= 0.3 is 5.97 Å². The van der Waals surface area contributed by atoms with Gasteiger partial charge in [0, 0.05) is 5.56 Å². The van der Waals surface area contributed by atoms with Crippen molar-refractivity contribution in [3.8, 4) is 5.75 Å². The Morgan fingerprint density at radius 1 is 1.45 bits per heavy atom. The van der Waals surface area contributed by atoms with Crippen LogP contribution in [0.3, 0.4) is 0 Å². The van der Waals surface area contributed by atoms with Crippen molar-refractivity contribution in [3.05, 3.63) is 48.6 Å². The molecule has 0 aliphatic rings. The quantitative estimate of drug-likeness (QED) is 0.273. The first-order valence-corrected chi connectivity index (χ1v) is 6.12. The minimum Gasteiger partial charge on any atom is -0.489 e. The molecule has 1 aromatic carbocycles. The third-order valence-electron chi connectivity index (χ3n) is 2.29. The SMILES string of the molecule is C=CCOc1ccccc1/C=C/C(=N/O)C(=O)OCC. The van der Waals surface area contributed by atoms with Gasteiger partial charge in [-0.1, -0.05) is 36.0 Å². The van der Waals surface area contributed by atoms with Crippen molar-refractivity contribution < 1.29 is 19.5 Å². The van der Waals surface area contributed by atoms with Crippen molar-refractivity contribution in [2.45, 2.75) is 6.92 Å². The van der Waals surface area contributed by atoms with Gasteiger partial charge in [0.1, 0.15) is 12.4 Å². The lowest BCUT2D eigenvalue weighted by atomic mass is 10.1. The Bertz CT molecular complexity index is 520. The molecule has 106 valence electrons. The van der Waals surface area contributed by atoms with Crippen molar-refractivity contribution in [2.75, 3.05) is 13.2 Å². The van der Waals surface area contributed by atoms with Gasteiger partial charge in [0.05, 0.1) is 6.61 Å². The van der Waals surface area contributed by atoms with E-state index in [1.54, 1.807) is 25.1 Å². The molecule has 1 rings (SSSR count). The zero-order valence-electron chi connectivity index (χ0n) is 11.3. The summed E-state index contributed by atoms with van der Waals surface area (Å²) in [6, 6.07) is 7.28. The van der Waals surface area contributed by atoms with Crippen LogP contribution in [0.25, 0.3) is 6.08 Å². The van der Waals surface area contributed by atoms with Crippen LogP contribution in [0.1, 0.15) is 12.5 Å². The number of carbonyl (C=O) groups is 1. The lowest BCUT2D eigenvalue weighted by Crippen LogP contribution is -2.15. The summed E-state index contributed by atoms with van der Waals surface area (Å²) < 4.78 is 10.2. The first-order valence-electron chi connectivity index (χ1n) is 6.12. The van der Waals surface area contributed by atoms with Gasteiger partial charge in [-0.05, 0) is 25.1 Å². The summed E-state index contributed by atoms with van der Waals surface area (Å²) in [6.45, 7) is 5.85. The van der Waals surface area contributed by atoms with Crippen molar-refractivity contribution in [3.63, 3.8) is 0 Å². The summed E-state index contributed by atoms with van der Waals surface area (Å²) in [5, 5.41) is 11.7. The molecule has 0 atom stereocenters. The second kappa shape index (κ2) is 8.53. The number of carbonyl (C=O) groups excluding carboxylic acids is 1. The minimum atomic E-state index is -0.684. The molecular weight excluding hydrogens is 258 g/mol. The summed E-state index contributed by atoms with van der Waals surface area (Å²) in [4.78, 5) is 11.4. The van der Waals surface area contributed by atoms with Crippen molar-refractivity contribution in [2.24, 2.45) is 5.16 Å². The van der Waals surface area contributed by atoms with Crippen LogP contribution in [0.15, 0.2) is 48.2 Å². The van der Waals surface area contributed by atoms with E-state index in [4.69, 9.17) is 14.7 Å². The number of rotatable bonds is 7. The van der Waals surface area contributed by atoms with Crippen LogP contribution in [0.4, 0.5) is 0 Å². The highest BCUT2D eigenvalue weighted by Gasteiger charge is 2.09. The molecule has 1 N–H and O–H groups in total. The van der Waals surface area contributed by atoms with E-state index in [9.17, 15) is 4.79 Å². The normalized spacial score (nSPS) is 11.3. The molecule has 0 amide bonds. The van der Waals surface area contributed by atoms with Gasteiger partial charge in [-0.15, -0.1) is 0 Å². The number of esters is 1. The monoisotopic (exact) mass is 275 g/mol. The van der Waals surface area contributed by atoms with E-state index in [0.717, 1.165) is 5.56 Å². The molecule has 0 aliphatic heterocycles. The second-order valence-corrected chi connectivity index (χ2v) is 3.68. The van der Waals surface area contributed by atoms with Crippen molar-refractivity contribution >= 4 is 17.8 Å². The molecule has 0 radical (unpaired) electrons. The largest absolute Gasteiger partial charge is 0.489 e. The van der Waals surface area contributed by atoms with E-state index >= 15 is 0 Å². The number of hydrogen-bond donors (Lipinski definition) is 1. The molecule has 0 fully saturated rings. The topological polar surface area (TPSA) is 68.1 Å². The Morgan fingerprint density at radius 2 is 2.20 bits per heavy atom. The molecule has 5 nitrogen and oxygen atoms in total. The highest BCUT2D eigenvalue weighted by Crippen LogP contribution is 2.19. The van der Waals surface area contributed by atoms with Crippen LogP contribution in [0.2, 0.25) is 0 Å². The van der Waals surface area contributed by atoms with Crippen molar-refractivity contribution in [1.29, 1.82) is 0 Å². The molecule has 0 spiro atoms. The van der Waals surface area contributed by atoms with E-state index in [1.165, 1.54) is 6.08 Å². The highest BCUT2D eigenvalue weighted by atomic mass is 16.5. The molecule has 0 bridgehead atoms. The molecule has 0 unspecified atom stereocenters. The Labute approximate surface area is 117 Å². The summed E-state index contributed by atoms with van der Waals surface area (Å²) >= 11 is 0. The first kappa shape index (κ1) is 15.5. The van der Waals surface area contributed by atoms with Crippen LogP contribution in [0.5, 0.6) is 5.75 Å².